The molecule has 1 heterocycles. The van der Waals surface area contributed by atoms with Crippen molar-refractivity contribution in [3.05, 3.63) is 90.0 Å². The number of methoxy groups -OCH3 is 1. The molecule has 1 aliphatic heterocycles. The zero-order valence-electron chi connectivity index (χ0n) is 17.7. The van der Waals surface area contributed by atoms with Crippen LogP contribution in [0.5, 0.6) is 5.75 Å². The van der Waals surface area contributed by atoms with E-state index in [4.69, 9.17) is 4.74 Å². The van der Waals surface area contributed by atoms with Gasteiger partial charge in [-0.15, -0.1) is 0 Å². The number of ether oxygens (including phenoxy) is 1. The largest absolute Gasteiger partial charge is 0.497 e. The molecule has 0 radical (unpaired) electrons. The standard InChI is InChI=1S/C25H23N3O4/c1-32-22-9-5-6-20(16-22)26-23(29)19-12-10-18(11-13-19)17-27-14-15-28(25(31)24(27)30)21-7-3-2-4-8-21/h2-13,16H,14-15,17H2,1H3,(H,26,29). The van der Waals surface area contributed by atoms with Gasteiger partial charge in [0.1, 0.15) is 5.75 Å². The summed E-state index contributed by atoms with van der Waals surface area (Å²) in [6.45, 7) is 1.19. The maximum Gasteiger partial charge on any atom is 0.316 e. The number of nitrogens with zero attached hydrogens (tertiary/aromatic N) is 2. The van der Waals surface area contributed by atoms with Crippen molar-refractivity contribution in [2.24, 2.45) is 0 Å². The summed E-state index contributed by atoms with van der Waals surface area (Å²) < 4.78 is 5.17. The van der Waals surface area contributed by atoms with Crippen LogP contribution in [0.25, 0.3) is 0 Å². The quantitative estimate of drug-likeness (QED) is 0.610. The van der Waals surface area contributed by atoms with E-state index in [0.29, 0.717) is 36.6 Å². The molecule has 1 fully saturated rings. The predicted molar refractivity (Wildman–Crippen MR) is 122 cm³/mol. The van der Waals surface area contributed by atoms with Crippen LogP contribution in [0.15, 0.2) is 78.9 Å². The van der Waals surface area contributed by atoms with Gasteiger partial charge in [0, 0.05) is 42.6 Å². The number of hydrogen-bond acceptors (Lipinski definition) is 4. The highest BCUT2D eigenvalue weighted by Crippen LogP contribution is 2.20. The van der Waals surface area contributed by atoms with E-state index in [-0.39, 0.29) is 5.91 Å². The molecule has 0 aliphatic carbocycles. The van der Waals surface area contributed by atoms with Crippen LogP contribution in [-0.2, 0) is 16.1 Å². The van der Waals surface area contributed by atoms with Crippen LogP contribution in [0.4, 0.5) is 11.4 Å². The number of anilines is 2. The Labute approximate surface area is 186 Å². The highest BCUT2D eigenvalue weighted by molar-refractivity contribution is 6.40. The Kier molecular flexibility index (Phi) is 6.17. The number of rotatable bonds is 6. The van der Waals surface area contributed by atoms with Crippen LogP contribution >= 0.6 is 0 Å². The number of carbonyl (C=O) groups excluding carboxylic acids is 3. The molecule has 3 aromatic carbocycles. The second kappa shape index (κ2) is 9.34. The molecule has 1 saturated heterocycles. The van der Waals surface area contributed by atoms with E-state index in [0.717, 1.165) is 11.3 Å². The molecule has 0 spiro atoms. The van der Waals surface area contributed by atoms with Gasteiger partial charge in [0.05, 0.1) is 7.11 Å². The van der Waals surface area contributed by atoms with Crippen molar-refractivity contribution in [3.63, 3.8) is 0 Å². The fraction of sp³-hybridized carbons (Fsp3) is 0.160. The smallest absolute Gasteiger partial charge is 0.316 e. The summed E-state index contributed by atoms with van der Waals surface area (Å²) in [5.74, 6) is -0.644. The van der Waals surface area contributed by atoms with Crippen molar-refractivity contribution < 1.29 is 19.1 Å². The number of piperazine rings is 1. The van der Waals surface area contributed by atoms with Crippen molar-refractivity contribution in [1.29, 1.82) is 0 Å². The second-order valence-electron chi connectivity index (χ2n) is 7.40. The first-order valence-electron chi connectivity index (χ1n) is 10.3. The highest BCUT2D eigenvalue weighted by Gasteiger charge is 2.33. The first kappa shape index (κ1) is 21.1. The van der Waals surface area contributed by atoms with E-state index in [1.54, 1.807) is 55.6 Å². The molecule has 32 heavy (non-hydrogen) atoms. The predicted octanol–water partition coefficient (Wildman–Crippen LogP) is 3.32. The van der Waals surface area contributed by atoms with E-state index >= 15 is 0 Å². The van der Waals surface area contributed by atoms with Crippen molar-refractivity contribution in [3.8, 4) is 5.75 Å². The summed E-state index contributed by atoms with van der Waals surface area (Å²) in [6, 6.07) is 23.3. The molecule has 7 heteroatoms. The maximum absolute atomic E-state index is 12.6. The van der Waals surface area contributed by atoms with Gasteiger partial charge in [-0.05, 0) is 42.0 Å². The fourth-order valence-corrected chi connectivity index (χ4v) is 3.57. The third-order valence-electron chi connectivity index (χ3n) is 5.29. The Balaban J connectivity index is 1.38. The Morgan fingerprint density at radius 1 is 0.906 bits per heavy atom. The molecule has 1 N–H and O–H groups in total. The van der Waals surface area contributed by atoms with Crippen molar-refractivity contribution >= 4 is 29.1 Å². The molecule has 7 nitrogen and oxygen atoms in total. The summed E-state index contributed by atoms with van der Waals surface area (Å²) in [6.07, 6.45) is 0. The Morgan fingerprint density at radius 2 is 1.66 bits per heavy atom. The van der Waals surface area contributed by atoms with Crippen molar-refractivity contribution in [2.45, 2.75) is 6.54 Å². The molecule has 0 unspecified atom stereocenters. The van der Waals surface area contributed by atoms with Gasteiger partial charge in [-0.3, -0.25) is 14.4 Å². The molecule has 0 atom stereocenters. The summed E-state index contributed by atoms with van der Waals surface area (Å²) in [7, 11) is 1.57. The normalized spacial score (nSPS) is 13.8. The SMILES string of the molecule is COc1cccc(NC(=O)c2ccc(CN3CCN(c4ccccc4)C(=O)C3=O)cc2)c1. The van der Waals surface area contributed by atoms with Gasteiger partial charge in [-0.25, -0.2) is 0 Å². The number of hydrogen-bond donors (Lipinski definition) is 1. The molecule has 4 rings (SSSR count). The first-order chi connectivity index (χ1) is 15.5. The van der Waals surface area contributed by atoms with E-state index in [9.17, 15) is 14.4 Å². The molecule has 1 aliphatic rings. The first-order valence-corrected chi connectivity index (χ1v) is 10.3. The lowest BCUT2D eigenvalue weighted by molar-refractivity contribution is -0.146. The van der Waals surface area contributed by atoms with Gasteiger partial charge in [-0.1, -0.05) is 36.4 Å². The Hall–Kier alpha value is -4.13. The van der Waals surface area contributed by atoms with Crippen LogP contribution in [0.2, 0.25) is 0 Å². The molecule has 3 aromatic rings. The average Bonchev–Trinajstić information content (AvgIpc) is 2.83. The van der Waals surface area contributed by atoms with Crippen LogP contribution in [0, 0.1) is 0 Å². The molecule has 0 aromatic heterocycles. The molecule has 0 bridgehead atoms. The van der Waals surface area contributed by atoms with Crippen molar-refractivity contribution in [2.75, 3.05) is 30.4 Å². The van der Waals surface area contributed by atoms with Crippen LogP contribution in [0.1, 0.15) is 15.9 Å². The number of carbonyl (C=O) groups is 3. The molecule has 0 saturated carbocycles. The summed E-state index contributed by atoms with van der Waals surface area (Å²) in [4.78, 5) is 40.7. The van der Waals surface area contributed by atoms with E-state index in [2.05, 4.69) is 5.32 Å². The molecular weight excluding hydrogens is 406 g/mol. The van der Waals surface area contributed by atoms with Crippen LogP contribution in [0.3, 0.4) is 0 Å². The number of benzene rings is 3. The van der Waals surface area contributed by atoms with Gasteiger partial charge in [0.2, 0.25) is 0 Å². The summed E-state index contributed by atoms with van der Waals surface area (Å²) >= 11 is 0. The van der Waals surface area contributed by atoms with E-state index in [1.807, 2.05) is 30.3 Å². The maximum atomic E-state index is 12.6. The van der Waals surface area contributed by atoms with Gasteiger partial charge in [0.25, 0.3) is 5.91 Å². The second-order valence-corrected chi connectivity index (χ2v) is 7.40. The number of nitrogens with one attached hydrogen (secondary N) is 1. The number of amides is 3. The van der Waals surface area contributed by atoms with Crippen LogP contribution < -0.4 is 15.0 Å². The molecule has 3 amide bonds. The lowest BCUT2D eigenvalue weighted by Crippen LogP contribution is -2.54. The third-order valence-corrected chi connectivity index (χ3v) is 5.29. The minimum Gasteiger partial charge on any atom is -0.497 e. The van der Waals surface area contributed by atoms with Gasteiger partial charge in [-0.2, -0.15) is 0 Å². The zero-order chi connectivity index (χ0) is 22.5. The zero-order valence-corrected chi connectivity index (χ0v) is 17.7. The average molecular weight is 429 g/mol. The molecular formula is C25H23N3O4. The summed E-state index contributed by atoms with van der Waals surface area (Å²) in [5.41, 5.74) is 2.70. The summed E-state index contributed by atoms with van der Waals surface area (Å²) in [5, 5.41) is 2.83. The minimum atomic E-state index is -0.531. The minimum absolute atomic E-state index is 0.243. The topological polar surface area (TPSA) is 79.0 Å². The number of para-hydroxylation sites is 1. The Bertz CT molecular complexity index is 1130. The van der Waals surface area contributed by atoms with E-state index < -0.39 is 11.8 Å². The van der Waals surface area contributed by atoms with Crippen molar-refractivity contribution in [1.82, 2.24) is 4.90 Å². The monoisotopic (exact) mass is 429 g/mol. The lowest BCUT2D eigenvalue weighted by Gasteiger charge is -2.33. The van der Waals surface area contributed by atoms with Gasteiger partial charge < -0.3 is 19.9 Å². The lowest BCUT2D eigenvalue weighted by atomic mass is 10.1. The Morgan fingerprint density at radius 3 is 2.38 bits per heavy atom. The van der Waals surface area contributed by atoms with E-state index in [1.165, 1.54) is 9.80 Å². The highest BCUT2D eigenvalue weighted by atomic mass is 16.5. The molecule has 162 valence electrons. The van der Waals surface area contributed by atoms with Gasteiger partial charge >= 0.3 is 11.8 Å². The fourth-order valence-electron chi connectivity index (χ4n) is 3.57. The van der Waals surface area contributed by atoms with Gasteiger partial charge in [0.15, 0.2) is 0 Å². The third kappa shape index (κ3) is 4.62. The van der Waals surface area contributed by atoms with Crippen LogP contribution in [-0.4, -0.2) is 42.8 Å².